The van der Waals surface area contributed by atoms with Crippen molar-refractivity contribution in [3.63, 3.8) is 0 Å². The second-order valence-electron chi connectivity index (χ2n) is 6.93. The van der Waals surface area contributed by atoms with E-state index in [4.69, 9.17) is 9.84 Å². The van der Waals surface area contributed by atoms with Crippen LogP contribution in [0, 0.1) is 5.92 Å². The topological polar surface area (TPSA) is 49.7 Å². The van der Waals surface area contributed by atoms with Gasteiger partial charge in [0.05, 0.1) is 6.10 Å². The molecule has 0 aromatic heterocycles. The quantitative estimate of drug-likeness (QED) is 0.498. The molecule has 0 aliphatic heterocycles. The zero-order valence-electron chi connectivity index (χ0n) is 16.4. The molecular weight excluding hydrogens is 380 g/mol. The van der Waals surface area contributed by atoms with E-state index in [0.29, 0.717) is 6.61 Å². The highest BCUT2D eigenvalue weighted by Crippen LogP contribution is 2.30. The van der Waals surface area contributed by atoms with Gasteiger partial charge in [0, 0.05) is 22.3 Å². The minimum atomic E-state index is -0.646. The SMILES string of the molecule is CC(CO)C(O)C=Cc1ccc(Sc2cccc(OCc3ccccc3)c2)cc1. The van der Waals surface area contributed by atoms with E-state index in [1.165, 1.54) is 0 Å². The summed E-state index contributed by atoms with van der Waals surface area (Å²) in [7, 11) is 0. The lowest BCUT2D eigenvalue weighted by atomic mass is 10.0. The molecule has 3 rings (SSSR count). The van der Waals surface area contributed by atoms with Crippen LogP contribution in [-0.4, -0.2) is 22.9 Å². The number of hydrogen-bond donors (Lipinski definition) is 2. The summed E-state index contributed by atoms with van der Waals surface area (Å²) in [6.07, 6.45) is 2.95. The van der Waals surface area contributed by atoms with Crippen LogP contribution in [-0.2, 0) is 6.61 Å². The molecule has 0 heterocycles. The number of rotatable bonds is 9. The van der Waals surface area contributed by atoms with Crippen molar-refractivity contribution in [3.8, 4) is 5.75 Å². The maximum absolute atomic E-state index is 9.91. The maximum atomic E-state index is 9.91. The summed E-state index contributed by atoms with van der Waals surface area (Å²) in [5.74, 6) is 0.683. The lowest BCUT2D eigenvalue weighted by Gasteiger charge is -2.11. The average molecular weight is 407 g/mol. The lowest BCUT2D eigenvalue weighted by molar-refractivity contribution is 0.112. The van der Waals surface area contributed by atoms with Crippen molar-refractivity contribution in [2.45, 2.75) is 29.4 Å². The molecular formula is C25H26O3S. The zero-order valence-corrected chi connectivity index (χ0v) is 17.3. The lowest BCUT2D eigenvalue weighted by Crippen LogP contribution is -2.17. The van der Waals surface area contributed by atoms with E-state index in [1.54, 1.807) is 17.8 Å². The van der Waals surface area contributed by atoms with Crippen molar-refractivity contribution in [1.29, 1.82) is 0 Å². The van der Waals surface area contributed by atoms with Gasteiger partial charge >= 0.3 is 0 Å². The fourth-order valence-corrected chi connectivity index (χ4v) is 3.52. The number of benzene rings is 3. The Hall–Kier alpha value is -2.53. The van der Waals surface area contributed by atoms with Crippen molar-refractivity contribution in [3.05, 3.63) is 96.1 Å². The van der Waals surface area contributed by atoms with Gasteiger partial charge in [-0.15, -0.1) is 0 Å². The molecule has 150 valence electrons. The number of aliphatic hydroxyl groups excluding tert-OH is 2. The van der Waals surface area contributed by atoms with E-state index in [9.17, 15) is 5.11 Å². The summed E-state index contributed by atoms with van der Waals surface area (Å²) in [5, 5.41) is 19.0. The summed E-state index contributed by atoms with van der Waals surface area (Å²) in [5.41, 5.74) is 2.16. The predicted octanol–water partition coefficient (Wildman–Crippen LogP) is 5.42. The van der Waals surface area contributed by atoms with Crippen LogP contribution in [0.5, 0.6) is 5.75 Å². The van der Waals surface area contributed by atoms with Crippen LogP contribution in [0.15, 0.2) is 94.7 Å². The minimum absolute atomic E-state index is 0.0325. The first-order valence-corrected chi connectivity index (χ1v) is 10.5. The summed E-state index contributed by atoms with van der Waals surface area (Å²) >= 11 is 1.68. The molecule has 29 heavy (non-hydrogen) atoms. The Bertz CT molecular complexity index is 907. The van der Waals surface area contributed by atoms with E-state index in [0.717, 1.165) is 26.7 Å². The van der Waals surface area contributed by atoms with E-state index in [1.807, 2.05) is 61.5 Å². The minimum Gasteiger partial charge on any atom is -0.489 e. The third kappa shape index (κ3) is 6.79. The third-order valence-corrected chi connectivity index (χ3v) is 5.52. The van der Waals surface area contributed by atoms with Crippen molar-refractivity contribution < 1.29 is 14.9 Å². The van der Waals surface area contributed by atoms with Gasteiger partial charge in [0.15, 0.2) is 0 Å². The van der Waals surface area contributed by atoms with Crippen LogP contribution in [0.25, 0.3) is 6.08 Å². The maximum Gasteiger partial charge on any atom is 0.120 e. The summed E-state index contributed by atoms with van der Waals surface area (Å²) < 4.78 is 5.91. The average Bonchev–Trinajstić information content (AvgIpc) is 2.77. The predicted molar refractivity (Wildman–Crippen MR) is 119 cm³/mol. The van der Waals surface area contributed by atoms with Gasteiger partial charge in [-0.25, -0.2) is 0 Å². The van der Waals surface area contributed by atoms with Crippen LogP contribution < -0.4 is 4.74 Å². The van der Waals surface area contributed by atoms with Crippen molar-refractivity contribution in [2.24, 2.45) is 5.92 Å². The molecule has 3 nitrogen and oxygen atoms in total. The van der Waals surface area contributed by atoms with Crippen LogP contribution >= 0.6 is 11.8 Å². The van der Waals surface area contributed by atoms with Gasteiger partial charge in [-0.3, -0.25) is 0 Å². The van der Waals surface area contributed by atoms with E-state index in [-0.39, 0.29) is 12.5 Å². The van der Waals surface area contributed by atoms with Gasteiger partial charge in [-0.05, 0) is 41.5 Å². The molecule has 0 fully saturated rings. The van der Waals surface area contributed by atoms with Crippen molar-refractivity contribution in [2.75, 3.05) is 6.61 Å². The Morgan fingerprint density at radius 2 is 1.69 bits per heavy atom. The van der Waals surface area contributed by atoms with E-state index < -0.39 is 6.10 Å². The van der Waals surface area contributed by atoms with E-state index in [2.05, 4.69) is 30.3 Å². The highest BCUT2D eigenvalue weighted by atomic mass is 32.2. The number of hydrogen-bond acceptors (Lipinski definition) is 4. The Morgan fingerprint density at radius 3 is 2.41 bits per heavy atom. The second-order valence-corrected chi connectivity index (χ2v) is 8.08. The summed E-state index contributed by atoms with van der Waals surface area (Å²) in [6, 6.07) is 26.4. The van der Waals surface area contributed by atoms with Gasteiger partial charge in [0.25, 0.3) is 0 Å². The molecule has 0 aliphatic carbocycles. The first-order chi connectivity index (χ1) is 14.1. The number of ether oxygens (including phenoxy) is 1. The monoisotopic (exact) mass is 406 g/mol. The van der Waals surface area contributed by atoms with Crippen LogP contribution in [0.2, 0.25) is 0 Å². The highest BCUT2D eigenvalue weighted by Gasteiger charge is 2.08. The Labute approximate surface area is 176 Å². The molecule has 0 aliphatic rings. The smallest absolute Gasteiger partial charge is 0.120 e. The van der Waals surface area contributed by atoms with Gasteiger partial charge < -0.3 is 14.9 Å². The molecule has 0 amide bonds. The standard InChI is InChI=1S/C25H26O3S/c1-19(17-26)25(27)15-12-20-10-13-23(14-11-20)29-24-9-5-8-22(16-24)28-18-21-6-3-2-4-7-21/h2-16,19,25-27H,17-18H2,1H3. The molecule has 0 saturated carbocycles. The number of aliphatic hydroxyl groups is 2. The molecule has 0 spiro atoms. The van der Waals surface area contributed by atoms with Crippen LogP contribution in [0.1, 0.15) is 18.1 Å². The fraction of sp³-hybridized carbons (Fsp3) is 0.200. The Kier molecular flexibility index (Phi) is 7.94. The van der Waals surface area contributed by atoms with Gasteiger partial charge in [0.1, 0.15) is 12.4 Å². The highest BCUT2D eigenvalue weighted by molar-refractivity contribution is 7.99. The van der Waals surface area contributed by atoms with Gasteiger partial charge in [0.2, 0.25) is 0 Å². The summed E-state index contributed by atoms with van der Waals surface area (Å²) in [6.45, 7) is 2.33. The first kappa shape index (κ1) is 21.2. The largest absolute Gasteiger partial charge is 0.489 e. The molecule has 2 unspecified atom stereocenters. The van der Waals surface area contributed by atoms with Gasteiger partial charge in [-0.2, -0.15) is 0 Å². The molecule has 0 saturated heterocycles. The molecule has 3 aromatic rings. The molecule has 2 atom stereocenters. The van der Waals surface area contributed by atoms with Crippen LogP contribution in [0.3, 0.4) is 0 Å². The molecule has 4 heteroatoms. The molecule has 0 radical (unpaired) electrons. The third-order valence-electron chi connectivity index (χ3n) is 4.53. The Balaban J connectivity index is 1.58. The zero-order chi connectivity index (χ0) is 20.5. The van der Waals surface area contributed by atoms with E-state index >= 15 is 0 Å². The molecule has 2 N–H and O–H groups in total. The molecule has 0 bridgehead atoms. The fourth-order valence-electron chi connectivity index (χ4n) is 2.66. The first-order valence-electron chi connectivity index (χ1n) is 9.66. The second kappa shape index (κ2) is 10.9. The molecule has 3 aromatic carbocycles. The van der Waals surface area contributed by atoms with Crippen molar-refractivity contribution >= 4 is 17.8 Å². The van der Waals surface area contributed by atoms with Crippen molar-refractivity contribution in [1.82, 2.24) is 0 Å². The normalized spacial score (nSPS) is 13.3. The Morgan fingerprint density at radius 1 is 0.931 bits per heavy atom. The van der Waals surface area contributed by atoms with Crippen LogP contribution in [0.4, 0.5) is 0 Å². The van der Waals surface area contributed by atoms with Gasteiger partial charge in [-0.1, -0.05) is 79.4 Å². The summed E-state index contributed by atoms with van der Waals surface area (Å²) in [4.78, 5) is 2.25.